The Balaban J connectivity index is 2.13. The molecule has 0 radical (unpaired) electrons. The third kappa shape index (κ3) is 3.13. The van der Waals surface area contributed by atoms with Gasteiger partial charge in [-0.05, 0) is 19.5 Å². The highest BCUT2D eigenvalue weighted by molar-refractivity contribution is 5.31. The van der Waals surface area contributed by atoms with E-state index in [2.05, 4.69) is 29.8 Å². The van der Waals surface area contributed by atoms with E-state index in [1.165, 1.54) is 0 Å². The van der Waals surface area contributed by atoms with E-state index in [1.807, 2.05) is 30.3 Å². The van der Waals surface area contributed by atoms with Crippen LogP contribution in [-0.4, -0.2) is 49.1 Å². The topological polar surface area (TPSA) is 56.3 Å². The van der Waals surface area contributed by atoms with Crippen molar-refractivity contribution in [1.29, 1.82) is 5.26 Å². The number of nitrogens with zero attached hydrogens (tertiary/aromatic N) is 3. The summed E-state index contributed by atoms with van der Waals surface area (Å²) in [5.41, 5.74) is 6.30. The van der Waals surface area contributed by atoms with Gasteiger partial charge in [-0.1, -0.05) is 30.3 Å². The molecule has 0 aromatic heterocycles. The molecule has 1 saturated heterocycles. The second-order valence-corrected chi connectivity index (χ2v) is 5.53. The Morgan fingerprint density at radius 3 is 2.63 bits per heavy atom. The van der Waals surface area contributed by atoms with Gasteiger partial charge in [-0.25, -0.2) is 0 Å². The Morgan fingerprint density at radius 2 is 2.05 bits per heavy atom. The van der Waals surface area contributed by atoms with Crippen LogP contribution in [0.15, 0.2) is 30.3 Å². The van der Waals surface area contributed by atoms with Gasteiger partial charge in [-0.15, -0.1) is 0 Å². The molecule has 4 nitrogen and oxygen atoms in total. The Hall–Kier alpha value is -1.41. The van der Waals surface area contributed by atoms with Crippen LogP contribution in [0.25, 0.3) is 0 Å². The van der Waals surface area contributed by atoms with Gasteiger partial charge in [0.05, 0.1) is 6.07 Å². The Morgan fingerprint density at radius 1 is 1.37 bits per heavy atom. The molecule has 0 saturated carbocycles. The second-order valence-electron chi connectivity index (χ2n) is 5.53. The molecular weight excluding hydrogens is 236 g/mol. The van der Waals surface area contributed by atoms with Crippen LogP contribution in [0.4, 0.5) is 0 Å². The summed E-state index contributed by atoms with van der Waals surface area (Å²) >= 11 is 0. The average Bonchev–Trinajstić information content (AvgIpc) is 2.43. The molecule has 2 rings (SSSR count). The zero-order valence-corrected chi connectivity index (χ0v) is 11.7. The summed E-state index contributed by atoms with van der Waals surface area (Å²) < 4.78 is 0. The number of hydrogen-bond donors (Lipinski definition) is 1. The molecule has 19 heavy (non-hydrogen) atoms. The van der Waals surface area contributed by atoms with E-state index in [-0.39, 0.29) is 0 Å². The van der Waals surface area contributed by atoms with Gasteiger partial charge in [0, 0.05) is 32.2 Å². The predicted molar refractivity (Wildman–Crippen MR) is 76.5 cm³/mol. The number of hydrogen-bond acceptors (Lipinski definition) is 4. The maximum absolute atomic E-state index is 9.50. The molecule has 2 unspecified atom stereocenters. The van der Waals surface area contributed by atoms with Gasteiger partial charge in [-0.2, -0.15) is 5.26 Å². The number of piperazine rings is 1. The number of nitriles is 1. The highest BCUT2D eigenvalue weighted by Gasteiger charge is 2.33. The molecule has 0 aliphatic carbocycles. The number of benzene rings is 1. The van der Waals surface area contributed by atoms with Gasteiger partial charge < -0.3 is 10.6 Å². The first kappa shape index (κ1) is 14.0. The highest BCUT2D eigenvalue weighted by atomic mass is 15.3. The molecule has 102 valence electrons. The second kappa shape index (κ2) is 5.70. The molecule has 1 fully saturated rings. The molecule has 1 heterocycles. The smallest absolute Gasteiger partial charge is 0.142 e. The maximum Gasteiger partial charge on any atom is 0.142 e. The van der Waals surface area contributed by atoms with Crippen molar-refractivity contribution in [2.75, 3.05) is 33.2 Å². The lowest BCUT2D eigenvalue weighted by atomic mass is 9.91. The summed E-state index contributed by atoms with van der Waals surface area (Å²) in [5.74, 6) is 0. The van der Waals surface area contributed by atoms with Gasteiger partial charge in [0.2, 0.25) is 0 Å². The quantitative estimate of drug-likeness (QED) is 0.879. The van der Waals surface area contributed by atoms with Crippen LogP contribution < -0.4 is 5.73 Å². The molecule has 1 aromatic carbocycles. The van der Waals surface area contributed by atoms with E-state index >= 15 is 0 Å². The summed E-state index contributed by atoms with van der Waals surface area (Å²) in [6, 6.07) is 12.4. The average molecular weight is 258 g/mol. The summed E-state index contributed by atoms with van der Waals surface area (Å²) in [4.78, 5) is 4.63. The first-order chi connectivity index (χ1) is 9.05. The molecule has 1 aliphatic heterocycles. The van der Waals surface area contributed by atoms with Crippen LogP contribution in [-0.2, 0) is 5.54 Å². The van der Waals surface area contributed by atoms with Crippen molar-refractivity contribution in [3.63, 3.8) is 0 Å². The molecular formula is C15H22N4. The van der Waals surface area contributed by atoms with Crippen molar-refractivity contribution in [3.8, 4) is 6.07 Å². The monoisotopic (exact) mass is 258 g/mol. The first-order valence-electron chi connectivity index (χ1n) is 6.73. The number of rotatable bonds is 3. The number of nitrogens with two attached hydrogens (primary N) is 1. The third-order valence-electron chi connectivity index (χ3n) is 3.91. The van der Waals surface area contributed by atoms with Crippen molar-refractivity contribution in [2.45, 2.75) is 18.5 Å². The van der Waals surface area contributed by atoms with Crippen LogP contribution in [0.2, 0.25) is 0 Å². The molecule has 0 amide bonds. The summed E-state index contributed by atoms with van der Waals surface area (Å²) in [5, 5.41) is 9.50. The van der Waals surface area contributed by atoms with Crippen molar-refractivity contribution in [2.24, 2.45) is 5.73 Å². The van der Waals surface area contributed by atoms with Crippen LogP contribution in [0.3, 0.4) is 0 Å². The fourth-order valence-electron chi connectivity index (χ4n) is 2.66. The minimum atomic E-state index is -0.925. The van der Waals surface area contributed by atoms with Crippen molar-refractivity contribution in [1.82, 2.24) is 9.80 Å². The summed E-state index contributed by atoms with van der Waals surface area (Å²) in [6.45, 7) is 5.79. The van der Waals surface area contributed by atoms with Gasteiger partial charge >= 0.3 is 0 Å². The number of likely N-dealkylation sites (N-methyl/N-ethyl adjacent to an activating group) is 1. The lowest BCUT2D eigenvalue weighted by Gasteiger charge is -2.41. The predicted octanol–water partition coefficient (Wildman–Crippen LogP) is 1.00. The van der Waals surface area contributed by atoms with Crippen molar-refractivity contribution >= 4 is 0 Å². The fourth-order valence-corrected chi connectivity index (χ4v) is 2.66. The van der Waals surface area contributed by atoms with Crippen LogP contribution in [0, 0.1) is 11.3 Å². The van der Waals surface area contributed by atoms with Gasteiger partial charge in [-0.3, -0.25) is 4.90 Å². The van der Waals surface area contributed by atoms with E-state index in [0.29, 0.717) is 12.6 Å². The van der Waals surface area contributed by atoms with E-state index in [1.54, 1.807) is 0 Å². The molecule has 2 atom stereocenters. The van der Waals surface area contributed by atoms with Crippen molar-refractivity contribution < 1.29 is 0 Å². The molecule has 0 spiro atoms. The fraction of sp³-hybridized carbons (Fsp3) is 0.533. The van der Waals surface area contributed by atoms with Gasteiger partial charge in [0.15, 0.2) is 0 Å². The Kier molecular flexibility index (Phi) is 4.20. The summed E-state index contributed by atoms with van der Waals surface area (Å²) in [6.07, 6.45) is 0. The summed E-state index contributed by atoms with van der Waals surface area (Å²) in [7, 11) is 2.13. The Bertz CT molecular complexity index is 453. The highest BCUT2D eigenvalue weighted by Crippen LogP contribution is 2.21. The zero-order chi connectivity index (χ0) is 13.9. The SMILES string of the molecule is CC1CN(C)CCN1CC(N)(C#N)c1ccccc1. The Labute approximate surface area is 115 Å². The minimum Gasteiger partial charge on any atom is -0.309 e. The van der Waals surface area contributed by atoms with Crippen LogP contribution >= 0.6 is 0 Å². The molecule has 1 aromatic rings. The minimum absolute atomic E-state index is 0.429. The van der Waals surface area contributed by atoms with E-state index in [4.69, 9.17) is 5.73 Å². The molecule has 4 heteroatoms. The molecule has 1 aliphatic rings. The molecule has 2 N–H and O–H groups in total. The normalized spacial score (nSPS) is 24.6. The largest absolute Gasteiger partial charge is 0.309 e. The lowest BCUT2D eigenvalue weighted by Crippen LogP contribution is -2.56. The van der Waals surface area contributed by atoms with E-state index in [9.17, 15) is 5.26 Å². The van der Waals surface area contributed by atoms with Gasteiger partial charge in [0.25, 0.3) is 0 Å². The van der Waals surface area contributed by atoms with Crippen molar-refractivity contribution in [3.05, 3.63) is 35.9 Å². The first-order valence-corrected chi connectivity index (χ1v) is 6.73. The maximum atomic E-state index is 9.50. The molecule has 0 bridgehead atoms. The third-order valence-corrected chi connectivity index (χ3v) is 3.91. The lowest BCUT2D eigenvalue weighted by molar-refractivity contribution is 0.0861. The van der Waals surface area contributed by atoms with E-state index < -0.39 is 5.54 Å². The standard InChI is InChI=1S/C15H22N4/c1-13-10-18(2)8-9-19(13)12-15(17,11-16)14-6-4-3-5-7-14/h3-7,13H,8-10,12,17H2,1-2H3. The van der Waals surface area contributed by atoms with Crippen LogP contribution in [0.5, 0.6) is 0 Å². The van der Waals surface area contributed by atoms with Gasteiger partial charge in [0.1, 0.15) is 5.54 Å². The van der Waals surface area contributed by atoms with E-state index in [0.717, 1.165) is 25.2 Å². The zero-order valence-electron chi connectivity index (χ0n) is 11.7. The van der Waals surface area contributed by atoms with Crippen LogP contribution in [0.1, 0.15) is 12.5 Å².